The number of benzene rings is 2. The summed E-state index contributed by atoms with van der Waals surface area (Å²) in [5.41, 5.74) is 5.42. The Labute approximate surface area is 168 Å². The highest BCUT2D eigenvalue weighted by Gasteiger charge is 2.47. The van der Waals surface area contributed by atoms with Gasteiger partial charge in [-0.1, -0.05) is 37.0 Å². The molecule has 0 heterocycles. The zero-order chi connectivity index (χ0) is 20.1. The molecule has 0 amide bonds. The first-order valence-corrected chi connectivity index (χ1v) is 9.95. The first kappa shape index (κ1) is 20.2. The lowest BCUT2D eigenvalue weighted by Gasteiger charge is -2.22. The van der Waals surface area contributed by atoms with E-state index in [2.05, 4.69) is 50.8 Å². The van der Waals surface area contributed by atoms with Crippen LogP contribution in [0.15, 0.2) is 42.5 Å². The molecule has 0 N–H and O–H groups in total. The Kier molecular flexibility index (Phi) is 6.21. The first-order chi connectivity index (χ1) is 13.5. The maximum absolute atomic E-state index is 11.3. The van der Waals surface area contributed by atoms with Crippen molar-refractivity contribution in [1.82, 2.24) is 0 Å². The van der Waals surface area contributed by atoms with Crippen LogP contribution < -0.4 is 0 Å². The second-order valence-electron chi connectivity index (χ2n) is 7.59. The van der Waals surface area contributed by atoms with Crippen molar-refractivity contribution in [3.8, 4) is 11.8 Å². The number of ether oxygens (including phenoxy) is 2. The predicted octanol–water partition coefficient (Wildman–Crippen LogP) is 4.78. The Morgan fingerprint density at radius 2 is 1.71 bits per heavy atom. The number of esters is 1. The van der Waals surface area contributed by atoms with Gasteiger partial charge in [0.2, 0.25) is 0 Å². The lowest BCUT2D eigenvalue weighted by molar-refractivity contribution is -0.139. The molecule has 146 valence electrons. The van der Waals surface area contributed by atoms with Gasteiger partial charge in [-0.3, -0.25) is 4.79 Å². The molecular weight excluding hydrogens is 348 g/mol. The van der Waals surface area contributed by atoms with Gasteiger partial charge in [0.05, 0.1) is 25.2 Å². The highest BCUT2D eigenvalue weighted by atomic mass is 16.5. The molecule has 0 saturated heterocycles. The van der Waals surface area contributed by atoms with Gasteiger partial charge in [0.25, 0.3) is 0 Å². The minimum atomic E-state index is -0.235. The molecule has 1 fully saturated rings. The first-order valence-electron chi connectivity index (χ1n) is 9.95. The fraction of sp³-hybridized carbons (Fsp3) is 0.400. The molecule has 0 atom stereocenters. The van der Waals surface area contributed by atoms with Gasteiger partial charge in [0, 0.05) is 11.1 Å². The molecule has 3 rings (SSSR count). The maximum Gasteiger partial charge on any atom is 0.309 e. The molecule has 1 aliphatic rings. The summed E-state index contributed by atoms with van der Waals surface area (Å²) in [7, 11) is 1.40. The largest absolute Gasteiger partial charge is 0.469 e. The normalized spacial score (nSPS) is 14.3. The van der Waals surface area contributed by atoms with E-state index in [-0.39, 0.29) is 24.1 Å². The van der Waals surface area contributed by atoms with Crippen LogP contribution in [0.1, 0.15) is 61.4 Å². The molecular formula is C25H28O3. The Hall–Kier alpha value is -2.57. The van der Waals surface area contributed by atoms with Crippen LogP contribution >= 0.6 is 0 Å². The van der Waals surface area contributed by atoms with E-state index in [0.29, 0.717) is 0 Å². The number of carbonyl (C=O) groups excluding carboxylic acids is 1. The highest BCUT2D eigenvalue weighted by Crippen LogP contribution is 2.51. The van der Waals surface area contributed by atoms with Gasteiger partial charge in [-0.15, -0.1) is 0 Å². The van der Waals surface area contributed by atoms with Gasteiger partial charge in [0.15, 0.2) is 0 Å². The smallest absolute Gasteiger partial charge is 0.309 e. The van der Waals surface area contributed by atoms with Crippen molar-refractivity contribution in [3.05, 3.63) is 70.3 Å². The Morgan fingerprint density at radius 1 is 1.07 bits per heavy atom. The van der Waals surface area contributed by atoms with Crippen LogP contribution in [-0.2, 0) is 32.7 Å². The summed E-state index contributed by atoms with van der Waals surface area (Å²) in [6.07, 6.45) is 3.68. The summed E-state index contributed by atoms with van der Waals surface area (Å²) in [6, 6.07) is 14.2. The van der Waals surface area contributed by atoms with Gasteiger partial charge in [-0.2, -0.15) is 0 Å². The minimum Gasteiger partial charge on any atom is -0.469 e. The number of aryl methyl sites for hydroxylation is 1. The van der Waals surface area contributed by atoms with Gasteiger partial charge in [0.1, 0.15) is 0 Å². The molecule has 2 aromatic carbocycles. The van der Waals surface area contributed by atoms with Crippen molar-refractivity contribution >= 4 is 5.97 Å². The molecule has 0 radical (unpaired) electrons. The summed E-state index contributed by atoms with van der Waals surface area (Å²) in [6.45, 7) is 6.38. The summed E-state index contributed by atoms with van der Waals surface area (Å²) in [5.74, 6) is 6.24. The molecule has 0 aromatic heterocycles. The monoisotopic (exact) mass is 376 g/mol. The van der Waals surface area contributed by atoms with Crippen molar-refractivity contribution in [1.29, 1.82) is 0 Å². The molecule has 0 bridgehead atoms. The van der Waals surface area contributed by atoms with Crippen molar-refractivity contribution < 1.29 is 14.3 Å². The molecule has 28 heavy (non-hydrogen) atoms. The second-order valence-corrected chi connectivity index (χ2v) is 7.59. The van der Waals surface area contributed by atoms with Crippen LogP contribution in [0.5, 0.6) is 0 Å². The zero-order valence-corrected chi connectivity index (χ0v) is 17.2. The van der Waals surface area contributed by atoms with Crippen LogP contribution in [-0.4, -0.2) is 19.2 Å². The summed E-state index contributed by atoms with van der Waals surface area (Å²) >= 11 is 0. The predicted molar refractivity (Wildman–Crippen MR) is 111 cm³/mol. The number of hydrogen-bond donors (Lipinski definition) is 0. The Bertz CT molecular complexity index is 894. The van der Waals surface area contributed by atoms with Gasteiger partial charge >= 0.3 is 5.97 Å². The van der Waals surface area contributed by atoms with Crippen LogP contribution in [0.4, 0.5) is 0 Å². The topological polar surface area (TPSA) is 35.5 Å². The third-order valence-electron chi connectivity index (χ3n) is 5.02. The number of methoxy groups -OCH3 is 1. The van der Waals surface area contributed by atoms with E-state index in [1.54, 1.807) is 0 Å². The van der Waals surface area contributed by atoms with Gasteiger partial charge in [-0.05, 0) is 74.1 Å². The second kappa shape index (κ2) is 8.63. The van der Waals surface area contributed by atoms with Crippen LogP contribution in [0.2, 0.25) is 0 Å². The third kappa shape index (κ3) is 4.82. The van der Waals surface area contributed by atoms with E-state index in [9.17, 15) is 4.79 Å². The summed E-state index contributed by atoms with van der Waals surface area (Å²) in [4.78, 5) is 11.3. The average molecular weight is 376 g/mol. The summed E-state index contributed by atoms with van der Waals surface area (Å²) in [5, 5.41) is 0. The number of rotatable bonds is 6. The number of hydrogen-bond acceptors (Lipinski definition) is 3. The van der Waals surface area contributed by atoms with E-state index < -0.39 is 0 Å². The average Bonchev–Trinajstić information content (AvgIpc) is 3.46. The molecule has 0 unspecified atom stereocenters. The van der Waals surface area contributed by atoms with Crippen molar-refractivity contribution in [2.75, 3.05) is 7.11 Å². The fourth-order valence-electron chi connectivity index (χ4n) is 3.51. The SMILES string of the molecule is CCc1cc(C#Cc2ccc(CC(=O)OC)cc2)ccc1C1(OC(C)C)CC1. The van der Waals surface area contributed by atoms with E-state index in [4.69, 9.17) is 9.47 Å². The zero-order valence-electron chi connectivity index (χ0n) is 17.2. The lowest BCUT2D eigenvalue weighted by Crippen LogP contribution is -2.19. The standard InChI is InChI=1S/C25H28O3/c1-5-22-16-20(12-13-23(22)25(14-15-25)28-18(2)3)9-6-19-7-10-21(11-8-19)17-24(26)27-4/h7-8,10-13,16,18H,5,14-15,17H2,1-4H3. The highest BCUT2D eigenvalue weighted by molar-refractivity contribution is 5.72. The quantitative estimate of drug-likeness (QED) is 0.538. The lowest BCUT2D eigenvalue weighted by atomic mass is 9.96. The summed E-state index contributed by atoms with van der Waals surface area (Å²) < 4.78 is 10.9. The van der Waals surface area contributed by atoms with Gasteiger partial charge < -0.3 is 9.47 Å². The Balaban J connectivity index is 1.76. The number of carbonyl (C=O) groups is 1. The van der Waals surface area contributed by atoms with E-state index in [0.717, 1.165) is 36.0 Å². The van der Waals surface area contributed by atoms with E-state index in [1.165, 1.54) is 18.2 Å². The van der Waals surface area contributed by atoms with E-state index >= 15 is 0 Å². The van der Waals surface area contributed by atoms with Gasteiger partial charge in [-0.25, -0.2) is 0 Å². The van der Waals surface area contributed by atoms with Crippen LogP contribution in [0.3, 0.4) is 0 Å². The molecule has 3 heteroatoms. The van der Waals surface area contributed by atoms with Crippen LogP contribution in [0.25, 0.3) is 0 Å². The molecule has 0 spiro atoms. The molecule has 1 aliphatic carbocycles. The van der Waals surface area contributed by atoms with Crippen molar-refractivity contribution in [2.45, 2.75) is 58.2 Å². The molecule has 3 nitrogen and oxygen atoms in total. The fourth-order valence-corrected chi connectivity index (χ4v) is 3.51. The van der Waals surface area contributed by atoms with E-state index in [1.807, 2.05) is 24.3 Å². The Morgan fingerprint density at radius 3 is 2.29 bits per heavy atom. The molecule has 0 aliphatic heterocycles. The molecule has 1 saturated carbocycles. The third-order valence-corrected chi connectivity index (χ3v) is 5.02. The maximum atomic E-state index is 11.3. The minimum absolute atomic E-state index is 0.0824. The van der Waals surface area contributed by atoms with Crippen molar-refractivity contribution in [2.24, 2.45) is 0 Å². The molecule has 2 aromatic rings. The van der Waals surface area contributed by atoms with Crippen molar-refractivity contribution in [3.63, 3.8) is 0 Å². The van der Waals surface area contributed by atoms with Crippen LogP contribution in [0, 0.1) is 11.8 Å².